The van der Waals surface area contributed by atoms with E-state index < -0.39 is 0 Å². The normalized spacial score (nSPS) is 10.9. The summed E-state index contributed by atoms with van der Waals surface area (Å²) in [6.07, 6.45) is 2.68. The second-order valence-corrected chi connectivity index (χ2v) is 6.12. The number of aryl methyl sites for hydroxylation is 1. The van der Waals surface area contributed by atoms with Crippen LogP contribution in [0.5, 0.6) is 0 Å². The highest BCUT2D eigenvalue weighted by Crippen LogP contribution is 2.18. The van der Waals surface area contributed by atoms with Gasteiger partial charge < -0.3 is 15.5 Å². The van der Waals surface area contributed by atoms with Crippen molar-refractivity contribution in [3.8, 4) is 0 Å². The molecule has 0 saturated carbocycles. The molecule has 2 rings (SSSR count). The number of nitrogens with one attached hydrogen (secondary N) is 2. The molecule has 0 saturated heterocycles. The molecule has 0 aliphatic heterocycles. The first-order valence-electron chi connectivity index (χ1n) is 9.47. The molecular weight excluding hydrogens is 449 g/mol. The van der Waals surface area contributed by atoms with Crippen LogP contribution < -0.4 is 15.5 Å². The summed E-state index contributed by atoms with van der Waals surface area (Å²) < 4.78 is 0. The number of aromatic nitrogens is 1. The maximum atomic E-state index is 4.66. The number of rotatable bonds is 9. The van der Waals surface area contributed by atoms with E-state index in [9.17, 15) is 0 Å². The number of halogens is 1. The summed E-state index contributed by atoms with van der Waals surface area (Å²) in [7, 11) is 0. The lowest BCUT2D eigenvalue weighted by molar-refractivity contribution is 0.749. The van der Waals surface area contributed by atoms with E-state index in [1.54, 1.807) is 0 Å². The number of para-hydroxylation sites is 1. The predicted molar refractivity (Wildman–Crippen MR) is 126 cm³/mol. The van der Waals surface area contributed by atoms with Crippen LogP contribution >= 0.6 is 24.0 Å². The van der Waals surface area contributed by atoms with Gasteiger partial charge in [-0.3, -0.25) is 9.98 Å². The Labute approximate surface area is 180 Å². The van der Waals surface area contributed by atoms with Gasteiger partial charge in [0.05, 0.1) is 0 Å². The van der Waals surface area contributed by atoms with E-state index in [4.69, 9.17) is 0 Å². The van der Waals surface area contributed by atoms with E-state index in [2.05, 4.69) is 70.5 Å². The molecule has 2 aromatic rings. The summed E-state index contributed by atoms with van der Waals surface area (Å²) in [6, 6.07) is 14.5. The van der Waals surface area contributed by atoms with Crippen molar-refractivity contribution in [3.63, 3.8) is 0 Å². The van der Waals surface area contributed by atoms with E-state index in [1.165, 1.54) is 11.3 Å². The van der Waals surface area contributed by atoms with Crippen LogP contribution in [-0.4, -0.2) is 43.7 Å². The Bertz CT molecular complexity index is 675. The van der Waals surface area contributed by atoms with Gasteiger partial charge in [0.25, 0.3) is 0 Å². The molecule has 5 nitrogen and oxygen atoms in total. The number of nitrogens with zero attached hydrogens (tertiary/aromatic N) is 3. The van der Waals surface area contributed by atoms with Gasteiger partial charge in [-0.25, -0.2) is 0 Å². The molecule has 148 valence electrons. The number of benzene rings is 1. The number of hydrogen-bond acceptors (Lipinski definition) is 3. The van der Waals surface area contributed by atoms with Crippen molar-refractivity contribution in [2.24, 2.45) is 4.99 Å². The maximum Gasteiger partial charge on any atom is 0.191 e. The van der Waals surface area contributed by atoms with Gasteiger partial charge in [0.1, 0.15) is 0 Å². The largest absolute Gasteiger partial charge is 0.370 e. The average Bonchev–Trinajstić information content (AvgIpc) is 2.67. The fraction of sp³-hybridized carbons (Fsp3) is 0.429. The third-order valence-corrected chi connectivity index (χ3v) is 4.22. The van der Waals surface area contributed by atoms with Crippen LogP contribution in [0, 0.1) is 6.92 Å². The summed E-state index contributed by atoms with van der Waals surface area (Å²) in [5.41, 5.74) is 3.68. The van der Waals surface area contributed by atoms with E-state index in [0.29, 0.717) is 0 Å². The summed E-state index contributed by atoms with van der Waals surface area (Å²) in [4.78, 5) is 11.4. The molecule has 0 aliphatic rings. The monoisotopic (exact) mass is 481 g/mol. The van der Waals surface area contributed by atoms with Crippen LogP contribution in [0.25, 0.3) is 0 Å². The van der Waals surface area contributed by atoms with Crippen LogP contribution in [-0.2, 0) is 6.42 Å². The van der Waals surface area contributed by atoms with Crippen LogP contribution in [0.3, 0.4) is 0 Å². The molecule has 0 atom stereocenters. The smallest absolute Gasteiger partial charge is 0.191 e. The highest BCUT2D eigenvalue weighted by Gasteiger charge is 2.07. The van der Waals surface area contributed by atoms with E-state index in [1.807, 2.05) is 24.4 Å². The molecule has 0 amide bonds. The lowest BCUT2D eigenvalue weighted by Gasteiger charge is -2.25. The average molecular weight is 481 g/mol. The number of aliphatic imine (C=N–C) groups is 1. The highest BCUT2D eigenvalue weighted by molar-refractivity contribution is 14.0. The zero-order chi connectivity index (χ0) is 18.6. The third kappa shape index (κ3) is 8.15. The van der Waals surface area contributed by atoms with Crippen molar-refractivity contribution < 1.29 is 0 Å². The molecule has 6 heteroatoms. The first-order chi connectivity index (χ1) is 12.7. The third-order valence-electron chi connectivity index (χ3n) is 4.22. The van der Waals surface area contributed by atoms with Crippen molar-refractivity contribution in [1.29, 1.82) is 0 Å². The summed E-state index contributed by atoms with van der Waals surface area (Å²) in [5.74, 6) is 0.865. The first-order valence-corrected chi connectivity index (χ1v) is 9.47. The Hall–Kier alpha value is -1.83. The molecule has 1 heterocycles. The Morgan fingerprint density at radius 2 is 1.85 bits per heavy atom. The standard InChI is InChI=1S/C21H31N5.HI/c1-4-22-21(24-15-13-19-11-8-9-14-23-19)25-16-17-26(5-2)20-12-7-6-10-18(20)3;/h6-12,14H,4-5,13,15-17H2,1-3H3,(H2,22,24,25);1H. The Kier molecular flexibility index (Phi) is 11.5. The summed E-state index contributed by atoms with van der Waals surface area (Å²) in [6.45, 7) is 10.8. The van der Waals surface area contributed by atoms with Crippen LogP contribution in [0.15, 0.2) is 53.7 Å². The molecule has 1 aromatic heterocycles. The zero-order valence-electron chi connectivity index (χ0n) is 16.6. The number of guanidine groups is 1. The van der Waals surface area contributed by atoms with Gasteiger partial charge in [-0.2, -0.15) is 0 Å². The molecule has 27 heavy (non-hydrogen) atoms. The van der Waals surface area contributed by atoms with Crippen molar-refractivity contribution in [2.45, 2.75) is 27.2 Å². The molecule has 0 unspecified atom stereocenters. The zero-order valence-corrected chi connectivity index (χ0v) is 18.9. The molecule has 0 fully saturated rings. The van der Waals surface area contributed by atoms with Gasteiger partial charge in [-0.05, 0) is 44.5 Å². The molecule has 0 bridgehead atoms. The summed E-state index contributed by atoms with van der Waals surface area (Å²) >= 11 is 0. The topological polar surface area (TPSA) is 52.6 Å². The molecule has 2 N–H and O–H groups in total. The SMILES string of the molecule is CCNC(=NCCc1ccccn1)NCCN(CC)c1ccccc1C.I. The Morgan fingerprint density at radius 1 is 1.07 bits per heavy atom. The van der Waals surface area contributed by atoms with Crippen molar-refractivity contribution in [1.82, 2.24) is 15.6 Å². The van der Waals surface area contributed by atoms with E-state index in [-0.39, 0.29) is 24.0 Å². The number of hydrogen-bond donors (Lipinski definition) is 2. The second kappa shape index (κ2) is 13.4. The Morgan fingerprint density at radius 3 is 2.52 bits per heavy atom. The van der Waals surface area contributed by atoms with Crippen LogP contribution in [0.4, 0.5) is 5.69 Å². The van der Waals surface area contributed by atoms with E-state index in [0.717, 1.165) is 50.8 Å². The molecule has 0 radical (unpaired) electrons. The minimum absolute atomic E-state index is 0. The fourth-order valence-corrected chi connectivity index (χ4v) is 2.85. The molecular formula is C21H32IN5. The van der Waals surface area contributed by atoms with Crippen molar-refractivity contribution in [2.75, 3.05) is 37.6 Å². The van der Waals surface area contributed by atoms with Gasteiger partial charge in [0, 0.05) is 56.7 Å². The number of pyridine rings is 1. The first kappa shape index (κ1) is 23.2. The molecule has 0 aliphatic carbocycles. The maximum absolute atomic E-state index is 4.66. The molecule has 1 aromatic carbocycles. The number of likely N-dealkylation sites (N-methyl/N-ethyl adjacent to an activating group) is 1. The fourth-order valence-electron chi connectivity index (χ4n) is 2.85. The van der Waals surface area contributed by atoms with E-state index >= 15 is 0 Å². The molecule has 0 spiro atoms. The summed E-state index contributed by atoms with van der Waals surface area (Å²) in [5, 5.41) is 6.75. The Balaban J connectivity index is 0.00000364. The second-order valence-electron chi connectivity index (χ2n) is 6.12. The number of anilines is 1. The van der Waals surface area contributed by atoms with Gasteiger partial charge in [-0.15, -0.1) is 24.0 Å². The minimum atomic E-state index is 0. The minimum Gasteiger partial charge on any atom is -0.370 e. The van der Waals surface area contributed by atoms with Gasteiger partial charge in [-0.1, -0.05) is 24.3 Å². The van der Waals surface area contributed by atoms with Gasteiger partial charge >= 0.3 is 0 Å². The lowest BCUT2D eigenvalue weighted by Crippen LogP contribution is -2.42. The highest BCUT2D eigenvalue weighted by atomic mass is 127. The van der Waals surface area contributed by atoms with Gasteiger partial charge in [0.2, 0.25) is 0 Å². The van der Waals surface area contributed by atoms with Crippen LogP contribution in [0.1, 0.15) is 25.1 Å². The van der Waals surface area contributed by atoms with Gasteiger partial charge in [0.15, 0.2) is 5.96 Å². The van der Waals surface area contributed by atoms with Crippen molar-refractivity contribution in [3.05, 3.63) is 59.9 Å². The quantitative estimate of drug-likeness (QED) is 0.326. The van der Waals surface area contributed by atoms with Crippen LogP contribution in [0.2, 0.25) is 0 Å². The lowest BCUT2D eigenvalue weighted by atomic mass is 10.2. The van der Waals surface area contributed by atoms with Crippen molar-refractivity contribution >= 4 is 35.6 Å². The predicted octanol–water partition coefficient (Wildman–Crippen LogP) is 3.63.